The second kappa shape index (κ2) is 12.2. The number of carbonyl (C=O) groups excluding carboxylic acids is 4. The lowest BCUT2D eigenvalue weighted by atomic mass is 10.0. The van der Waals surface area contributed by atoms with E-state index < -0.39 is 35.3 Å². The Labute approximate surface area is 205 Å². The van der Waals surface area contributed by atoms with Gasteiger partial charge in [0.25, 0.3) is 0 Å². The van der Waals surface area contributed by atoms with E-state index in [1.165, 1.54) is 13.1 Å². The van der Waals surface area contributed by atoms with Crippen molar-refractivity contribution in [3.05, 3.63) is 23.4 Å². The zero-order chi connectivity index (χ0) is 26.3. The summed E-state index contributed by atoms with van der Waals surface area (Å²) in [6.45, 7) is 15.2. The highest BCUT2D eigenvalue weighted by Gasteiger charge is 2.34. The number of thioether (sulfide) groups is 1. The van der Waals surface area contributed by atoms with E-state index in [2.05, 4.69) is 4.98 Å². The van der Waals surface area contributed by atoms with Gasteiger partial charge in [-0.25, -0.2) is 14.6 Å². The molecule has 0 aliphatic heterocycles. The van der Waals surface area contributed by atoms with Gasteiger partial charge in [0, 0.05) is 18.9 Å². The highest BCUT2D eigenvalue weighted by atomic mass is 32.2. The largest absolute Gasteiger partial charge is 0.466 e. The zero-order valence-electron chi connectivity index (χ0n) is 21.5. The first-order valence-electron chi connectivity index (χ1n) is 11.1. The van der Waals surface area contributed by atoms with E-state index in [0.29, 0.717) is 11.1 Å². The monoisotopic (exact) mass is 496 g/mol. The van der Waals surface area contributed by atoms with E-state index >= 15 is 0 Å². The Kier molecular flexibility index (Phi) is 10.5. The van der Waals surface area contributed by atoms with Gasteiger partial charge in [0.15, 0.2) is 10.9 Å². The lowest BCUT2D eigenvalue weighted by Gasteiger charge is -2.28. The molecule has 0 spiro atoms. The second-order valence-corrected chi connectivity index (χ2v) is 10.9. The van der Waals surface area contributed by atoms with Crippen LogP contribution in [0.1, 0.15) is 66.5 Å². The molecule has 0 aromatic carbocycles. The van der Waals surface area contributed by atoms with E-state index in [9.17, 15) is 19.2 Å². The van der Waals surface area contributed by atoms with Crippen LogP contribution in [0.2, 0.25) is 0 Å². The molecule has 1 heterocycles. The summed E-state index contributed by atoms with van der Waals surface area (Å²) in [7, 11) is 0. The first-order chi connectivity index (χ1) is 15.5. The van der Waals surface area contributed by atoms with Crippen LogP contribution < -0.4 is 4.90 Å². The molecule has 1 rings (SSSR count). The van der Waals surface area contributed by atoms with Gasteiger partial charge >= 0.3 is 18.2 Å². The molecule has 0 saturated heterocycles. The van der Waals surface area contributed by atoms with Crippen molar-refractivity contribution in [1.82, 2.24) is 4.98 Å². The van der Waals surface area contributed by atoms with Gasteiger partial charge in [-0.3, -0.25) is 9.59 Å². The third-order valence-corrected chi connectivity index (χ3v) is 5.04. The number of aromatic nitrogens is 1. The normalized spacial score (nSPS) is 12.5. The van der Waals surface area contributed by atoms with Gasteiger partial charge in [-0.2, -0.15) is 4.90 Å². The average molecular weight is 497 g/mol. The fraction of sp³-hybridized carbons (Fsp3) is 0.625. The minimum absolute atomic E-state index is 0.0676. The first kappa shape index (κ1) is 29.4. The minimum atomic E-state index is -0.910. The fourth-order valence-corrected chi connectivity index (χ4v) is 3.50. The lowest BCUT2D eigenvalue weighted by molar-refractivity contribution is -0.147. The number of amides is 2. The van der Waals surface area contributed by atoms with Crippen molar-refractivity contribution >= 4 is 40.9 Å². The molecule has 1 atom stereocenters. The molecule has 190 valence electrons. The number of ether oxygens (including phenoxy) is 3. The average Bonchev–Trinajstić information content (AvgIpc) is 2.64. The molecule has 1 aromatic heterocycles. The third kappa shape index (κ3) is 10.1. The van der Waals surface area contributed by atoms with Gasteiger partial charge in [-0.05, 0) is 72.9 Å². The number of imide groups is 1. The zero-order valence-corrected chi connectivity index (χ0v) is 22.3. The van der Waals surface area contributed by atoms with Crippen molar-refractivity contribution in [2.75, 3.05) is 17.3 Å². The summed E-state index contributed by atoms with van der Waals surface area (Å²) in [4.78, 5) is 54.6. The summed E-state index contributed by atoms with van der Waals surface area (Å²) in [6, 6.07) is 1.73. The number of hydrogen-bond acceptors (Lipinski definition) is 9. The lowest BCUT2D eigenvalue weighted by Crippen LogP contribution is -2.44. The van der Waals surface area contributed by atoms with Crippen LogP contribution in [0.15, 0.2) is 12.3 Å². The number of hydrogen-bond donors (Lipinski definition) is 0. The Morgan fingerprint density at radius 1 is 1.03 bits per heavy atom. The smallest absolute Gasteiger partial charge is 0.425 e. The van der Waals surface area contributed by atoms with Crippen molar-refractivity contribution in [2.45, 2.75) is 79.9 Å². The summed E-state index contributed by atoms with van der Waals surface area (Å²) in [6.07, 6.45) is -0.0550. The molecule has 34 heavy (non-hydrogen) atoms. The molecule has 1 aromatic rings. The molecular formula is C24H36N2O7S. The van der Waals surface area contributed by atoms with Gasteiger partial charge in [0.2, 0.25) is 0 Å². The van der Waals surface area contributed by atoms with E-state index in [0.717, 1.165) is 16.7 Å². The van der Waals surface area contributed by atoms with E-state index in [1.54, 1.807) is 61.5 Å². The maximum Gasteiger partial charge on any atom is 0.425 e. The van der Waals surface area contributed by atoms with Crippen LogP contribution in [0.3, 0.4) is 0 Å². The van der Waals surface area contributed by atoms with E-state index in [-0.39, 0.29) is 29.7 Å². The summed E-state index contributed by atoms with van der Waals surface area (Å²) < 4.78 is 15.9. The standard InChI is InChI=1S/C24H36N2O7S/c1-10-31-20(28)18(14-34-16(3)27)12-17-11-15(2)19(25-13-17)26(21(29)32-23(4,5)6)22(30)33-24(7,8)9/h11,13,18H,10,12,14H2,1-9H3. The van der Waals surface area contributed by atoms with Crippen molar-refractivity contribution in [3.63, 3.8) is 0 Å². The highest BCUT2D eigenvalue weighted by molar-refractivity contribution is 8.13. The van der Waals surface area contributed by atoms with Crippen molar-refractivity contribution in [1.29, 1.82) is 0 Å². The number of anilines is 1. The van der Waals surface area contributed by atoms with Gasteiger partial charge in [0.1, 0.15) is 11.2 Å². The Bertz CT molecular complexity index is 876. The molecule has 0 aliphatic carbocycles. The molecule has 0 radical (unpaired) electrons. The van der Waals surface area contributed by atoms with Gasteiger partial charge < -0.3 is 14.2 Å². The van der Waals surface area contributed by atoms with Crippen LogP contribution in [0, 0.1) is 12.8 Å². The maximum atomic E-state index is 12.9. The molecule has 0 N–H and O–H groups in total. The summed E-state index contributed by atoms with van der Waals surface area (Å²) in [5.41, 5.74) is -0.480. The van der Waals surface area contributed by atoms with Crippen LogP contribution in [0.5, 0.6) is 0 Å². The number of rotatable bonds is 7. The van der Waals surface area contributed by atoms with Crippen LogP contribution in [0.25, 0.3) is 0 Å². The minimum Gasteiger partial charge on any atom is -0.466 e. The van der Waals surface area contributed by atoms with Gasteiger partial charge in [0.05, 0.1) is 12.5 Å². The number of esters is 1. The number of pyridine rings is 1. The molecule has 9 nitrogen and oxygen atoms in total. The number of nitrogens with zero attached hydrogens (tertiary/aromatic N) is 2. The summed E-state index contributed by atoms with van der Waals surface area (Å²) in [5.74, 6) is -0.606. The molecule has 0 fully saturated rings. The van der Waals surface area contributed by atoms with Crippen molar-refractivity contribution in [2.24, 2.45) is 5.92 Å². The summed E-state index contributed by atoms with van der Waals surface area (Å²) in [5, 5.41) is -0.0932. The molecule has 1 unspecified atom stereocenters. The number of aryl methyl sites for hydroxylation is 1. The SMILES string of the molecule is CCOC(=O)C(CSC(C)=O)Cc1cnc(N(C(=O)OC(C)(C)C)C(=O)OC(C)(C)C)c(C)c1. The second-order valence-electron chi connectivity index (χ2n) is 9.74. The third-order valence-electron chi connectivity index (χ3n) is 4.06. The quantitative estimate of drug-likeness (QED) is 0.377. The Morgan fingerprint density at radius 3 is 1.97 bits per heavy atom. The molecule has 2 amide bonds. The predicted octanol–water partition coefficient (Wildman–Crippen LogP) is 5.07. The maximum absolute atomic E-state index is 12.9. The van der Waals surface area contributed by atoms with Crippen LogP contribution in [0.4, 0.5) is 15.4 Å². The van der Waals surface area contributed by atoms with E-state index in [4.69, 9.17) is 14.2 Å². The molecular weight excluding hydrogens is 460 g/mol. The highest BCUT2D eigenvalue weighted by Crippen LogP contribution is 2.25. The van der Waals surface area contributed by atoms with Crippen LogP contribution >= 0.6 is 11.8 Å². The van der Waals surface area contributed by atoms with Gasteiger partial charge in [-0.1, -0.05) is 17.8 Å². The van der Waals surface area contributed by atoms with Crippen molar-refractivity contribution < 1.29 is 33.4 Å². The predicted molar refractivity (Wildman–Crippen MR) is 131 cm³/mol. The molecule has 0 aliphatic rings. The van der Waals surface area contributed by atoms with Crippen LogP contribution in [-0.4, -0.2) is 51.8 Å². The molecule has 0 bridgehead atoms. The summed E-state index contributed by atoms with van der Waals surface area (Å²) >= 11 is 1.05. The molecule has 0 saturated carbocycles. The van der Waals surface area contributed by atoms with E-state index in [1.807, 2.05) is 0 Å². The molecule has 10 heteroatoms. The first-order valence-corrected chi connectivity index (χ1v) is 12.0. The Morgan fingerprint density at radius 2 is 1.56 bits per heavy atom. The van der Waals surface area contributed by atoms with Crippen LogP contribution in [-0.2, 0) is 30.2 Å². The van der Waals surface area contributed by atoms with Gasteiger partial charge in [-0.15, -0.1) is 0 Å². The Hall–Kier alpha value is -2.62. The Balaban J connectivity index is 3.28. The topological polar surface area (TPSA) is 112 Å². The fourth-order valence-electron chi connectivity index (χ4n) is 2.81. The number of carbonyl (C=O) groups is 4. The van der Waals surface area contributed by atoms with Crippen molar-refractivity contribution in [3.8, 4) is 0 Å².